The van der Waals surface area contributed by atoms with Crippen LogP contribution in [-0.2, 0) is 11.3 Å². The Hall–Kier alpha value is -4.76. The molecule has 1 saturated heterocycles. The first-order valence-corrected chi connectivity index (χ1v) is 12.5. The number of benzene rings is 3. The first-order chi connectivity index (χ1) is 18.6. The van der Waals surface area contributed by atoms with E-state index in [0.717, 1.165) is 11.3 Å². The average Bonchev–Trinajstić information content (AvgIpc) is 3.55. The number of amidine groups is 1. The molecule has 1 N–H and O–H groups in total. The van der Waals surface area contributed by atoms with Crippen LogP contribution < -0.4 is 9.47 Å². The van der Waals surface area contributed by atoms with Crippen molar-refractivity contribution in [3.63, 3.8) is 0 Å². The van der Waals surface area contributed by atoms with Crippen LogP contribution in [0.25, 0.3) is 6.08 Å². The Labute approximate surface area is 223 Å². The summed E-state index contributed by atoms with van der Waals surface area (Å²) >= 11 is 1.23. The second-order valence-electron chi connectivity index (χ2n) is 8.13. The van der Waals surface area contributed by atoms with Crippen LogP contribution in [-0.4, -0.2) is 34.4 Å². The number of hydrogen-bond acceptors (Lipinski definition) is 8. The van der Waals surface area contributed by atoms with Gasteiger partial charge in [-0.15, -0.1) is 5.10 Å². The Morgan fingerprint density at radius 3 is 2.61 bits per heavy atom. The number of para-hydroxylation sites is 1. The number of nitrogens with zero attached hydrogens (tertiary/aromatic N) is 3. The van der Waals surface area contributed by atoms with E-state index >= 15 is 0 Å². The molecule has 1 amide bonds. The van der Waals surface area contributed by atoms with Gasteiger partial charge < -0.3 is 19.0 Å². The molecule has 3 aromatic carbocycles. The van der Waals surface area contributed by atoms with Gasteiger partial charge in [0, 0.05) is 0 Å². The molecule has 0 atom stereocenters. The Bertz CT molecular complexity index is 1510. The zero-order chi connectivity index (χ0) is 26.3. The van der Waals surface area contributed by atoms with E-state index in [0.29, 0.717) is 32.9 Å². The van der Waals surface area contributed by atoms with E-state index in [1.807, 2.05) is 54.6 Å². The topological polar surface area (TPSA) is 96.9 Å². The van der Waals surface area contributed by atoms with Gasteiger partial charge in [0.2, 0.25) is 0 Å². The fourth-order valence-electron chi connectivity index (χ4n) is 3.64. The van der Waals surface area contributed by atoms with Crippen LogP contribution in [0.2, 0.25) is 0 Å². The summed E-state index contributed by atoms with van der Waals surface area (Å²) in [6.07, 6.45) is 4.89. The molecule has 0 spiro atoms. The number of phenolic OH excluding ortho intramolecular Hbond substituents is 1. The minimum absolute atomic E-state index is 0.0329. The van der Waals surface area contributed by atoms with Gasteiger partial charge in [-0.2, -0.15) is 5.10 Å². The number of aromatic hydroxyl groups is 1. The number of thioether (sulfide) groups is 1. The number of amides is 1. The summed E-state index contributed by atoms with van der Waals surface area (Å²) in [6, 6.07) is 25.4. The number of methoxy groups -OCH3 is 1. The normalized spacial score (nSPS) is 15.6. The number of carbonyl (C=O) groups excluding carboxylic acids is 1. The third-order valence-electron chi connectivity index (χ3n) is 5.47. The van der Waals surface area contributed by atoms with Crippen LogP contribution >= 0.6 is 11.8 Å². The second kappa shape index (κ2) is 11.5. The highest BCUT2D eigenvalue weighted by Gasteiger charge is 2.34. The van der Waals surface area contributed by atoms with Gasteiger partial charge >= 0.3 is 0 Å². The summed E-state index contributed by atoms with van der Waals surface area (Å²) in [5.41, 5.74) is 1.50. The van der Waals surface area contributed by atoms with Gasteiger partial charge in [0.05, 0.1) is 31.0 Å². The Kier molecular flexibility index (Phi) is 7.56. The highest BCUT2D eigenvalue weighted by atomic mass is 32.2. The zero-order valence-electron chi connectivity index (χ0n) is 20.4. The van der Waals surface area contributed by atoms with Gasteiger partial charge in [-0.1, -0.05) is 30.3 Å². The summed E-state index contributed by atoms with van der Waals surface area (Å²) in [6.45, 7) is 0.217. The molecule has 0 radical (unpaired) electrons. The van der Waals surface area contributed by atoms with E-state index in [9.17, 15) is 9.90 Å². The highest BCUT2D eigenvalue weighted by molar-refractivity contribution is 8.18. The predicted molar refractivity (Wildman–Crippen MR) is 147 cm³/mol. The molecule has 2 heterocycles. The fourth-order valence-corrected chi connectivity index (χ4v) is 4.58. The number of phenols is 1. The van der Waals surface area contributed by atoms with Crippen LogP contribution in [0.15, 0.2) is 111 Å². The number of furan rings is 1. The lowest BCUT2D eigenvalue weighted by molar-refractivity contribution is -0.122. The van der Waals surface area contributed by atoms with Crippen molar-refractivity contribution in [2.24, 2.45) is 10.2 Å². The molecule has 1 aromatic heterocycles. The van der Waals surface area contributed by atoms with Gasteiger partial charge in [-0.3, -0.25) is 9.69 Å². The minimum atomic E-state index is -0.207. The SMILES string of the molecule is COc1cc(/C=N\N=C2\S/C(=C\c3cccc(Oc4ccccc4)c3)C(=O)N2Cc2ccco2)ccc1O. The number of carbonyl (C=O) groups is 1. The molecule has 1 aliphatic rings. The molecule has 8 nitrogen and oxygen atoms in total. The number of ether oxygens (including phenoxy) is 2. The summed E-state index contributed by atoms with van der Waals surface area (Å²) in [7, 11) is 1.47. The van der Waals surface area contributed by atoms with E-state index in [2.05, 4.69) is 10.2 Å². The monoisotopic (exact) mass is 525 g/mol. The van der Waals surface area contributed by atoms with Crippen LogP contribution in [0.1, 0.15) is 16.9 Å². The molecule has 190 valence electrons. The van der Waals surface area contributed by atoms with Crippen LogP contribution in [0.5, 0.6) is 23.0 Å². The molecule has 1 aliphatic heterocycles. The zero-order valence-corrected chi connectivity index (χ0v) is 21.2. The molecule has 38 heavy (non-hydrogen) atoms. The molecule has 4 aromatic rings. The van der Waals surface area contributed by atoms with Crippen molar-refractivity contribution in [1.29, 1.82) is 0 Å². The lowest BCUT2D eigenvalue weighted by Crippen LogP contribution is -2.28. The van der Waals surface area contributed by atoms with Crippen LogP contribution in [0.4, 0.5) is 0 Å². The van der Waals surface area contributed by atoms with Gasteiger partial charge in [-0.25, -0.2) is 0 Å². The third-order valence-corrected chi connectivity index (χ3v) is 6.47. The molecular formula is C29H23N3O5S. The average molecular weight is 526 g/mol. The van der Waals surface area contributed by atoms with Gasteiger partial charge in [-0.05, 0) is 83.6 Å². The fraction of sp³-hybridized carbons (Fsp3) is 0.0690. The van der Waals surface area contributed by atoms with Gasteiger partial charge in [0.25, 0.3) is 5.91 Å². The summed E-state index contributed by atoms with van der Waals surface area (Å²) < 4.78 is 16.5. The maximum atomic E-state index is 13.4. The number of rotatable bonds is 8. The van der Waals surface area contributed by atoms with Crippen molar-refractivity contribution in [1.82, 2.24) is 4.90 Å². The Morgan fingerprint density at radius 2 is 1.82 bits per heavy atom. The summed E-state index contributed by atoms with van der Waals surface area (Å²) in [4.78, 5) is 15.4. The predicted octanol–water partition coefficient (Wildman–Crippen LogP) is 6.29. The second-order valence-corrected chi connectivity index (χ2v) is 9.14. The third kappa shape index (κ3) is 5.96. The molecule has 0 unspecified atom stereocenters. The van der Waals surface area contributed by atoms with E-state index in [1.165, 1.54) is 36.1 Å². The van der Waals surface area contributed by atoms with Crippen molar-refractivity contribution in [2.75, 3.05) is 7.11 Å². The summed E-state index contributed by atoms with van der Waals surface area (Å²) in [5.74, 6) is 2.17. The highest BCUT2D eigenvalue weighted by Crippen LogP contribution is 2.34. The smallest absolute Gasteiger partial charge is 0.267 e. The van der Waals surface area contributed by atoms with Gasteiger partial charge in [0.1, 0.15) is 17.3 Å². The number of hydrogen-bond donors (Lipinski definition) is 1. The van der Waals surface area contributed by atoms with E-state index in [4.69, 9.17) is 13.9 Å². The maximum Gasteiger partial charge on any atom is 0.267 e. The Balaban J connectivity index is 1.40. The summed E-state index contributed by atoms with van der Waals surface area (Å²) in [5, 5.41) is 18.7. The quantitative estimate of drug-likeness (QED) is 0.165. The molecule has 9 heteroatoms. The van der Waals surface area contributed by atoms with Crippen molar-refractivity contribution >= 4 is 35.1 Å². The molecule has 5 rings (SSSR count). The van der Waals surface area contributed by atoms with Crippen molar-refractivity contribution in [3.8, 4) is 23.0 Å². The van der Waals surface area contributed by atoms with Crippen molar-refractivity contribution < 1.29 is 23.8 Å². The maximum absolute atomic E-state index is 13.4. The van der Waals surface area contributed by atoms with Crippen molar-refractivity contribution in [3.05, 3.63) is 113 Å². The molecule has 0 bridgehead atoms. The lowest BCUT2D eigenvalue weighted by atomic mass is 10.2. The van der Waals surface area contributed by atoms with E-state index in [1.54, 1.807) is 36.6 Å². The van der Waals surface area contributed by atoms with Gasteiger partial charge in [0.15, 0.2) is 16.7 Å². The van der Waals surface area contributed by atoms with Crippen LogP contribution in [0.3, 0.4) is 0 Å². The Morgan fingerprint density at radius 1 is 0.974 bits per heavy atom. The van der Waals surface area contributed by atoms with Crippen LogP contribution in [0, 0.1) is 0 Å². The molecule has 0 aliphatic carbocycles. The van der Waals surface area contributed by atoms with Crippen molar-refractivity contribution in [2.45, 2.75) is 6.54 Å². The standard InChI is InChI=1S/C29H23N3O5S/c1-35-26-16-21(12-13-25(26)33)18-30-31-29-32(19-24-11-6-14-36-24)28(34)27(38-29)17-20-7-5-10-23(15-20)37-22-8-3-2-4-9-22/h2-18,33H,19H2,1H3/b27-17-,30-18-,31-29+. The first-order valence-electron chi connectivity index (χ1n) is 11.6. The molecule has 0 saturated carbocycles. The minimum Gasteiger partial charge on any atom is -0.504 e. The molecular weight excluding hydrogens is 502 g/mol. The van der Waals surface area contributed by atoms with E-state index < -0.39 is 0 Å². The molecule has 1 fully saturated rings. The largest absolute Gasteiger partial charge is 0.504 e. The van der Waals surface area contributed by atoms with E-state index in [-0.39, 0.29) is 18.2 Å². The lowest BCUT2D eigenvalue weighted by Gasteiger charge is -2.12. The first kappa shape index (κ1) is 24.9.